The van der Waals surface area contributed by atoms with E-state index in [9.17, 15) is 4.79 Å². The smallest absolute Gasteiger partial charge is 0.253 e. The highest BCUT2D eigenvalue weighted by atomic mass is 127. The van der Waals surface area contributed by atoms with E-state index in [1.807, 2.05) is 31.2 Å². The number of hydrogen-bond donors (Lipinski definition) is 2. The molecule has 1 amide bonds. The molecule has 0 saturated carbocycles. The van der Waals surface area contributed by atoms with Gasteiger partial charge in [-0.3, -0.25) is 4.79 Å². The van der Waals surface area contributed by atoms with Crippen molar-refractivity contribution in [2.45, 2.75) is 19.9 Å². The van der Waals surface area contributed by atoms with Gasteiger partial charge in [0.25, 0.3) is 5.91 Å². The monoisotopic (exact) mass is 448 g/mol. The van der Waals surface area contributed by atoms with Crippen LogP contribution in [0.1, 0.15) is 29.3 Å². The predicted molar refractivity (Wildman–Crippen MR) is 109 cm³/mol. The molecule has 136 valence electrons. The van der Waals surface area contributed by atoms with Crippen molar-refractivity contribution in [2.75, 3.05) is 40.9 Å². The van der Waals surface area contributed by atoms with Crippen LogP contribution in [0.25, 0.3) is 0 Å². The van der Waals surface area contributed by atoms with Gasteiger partial charge in [0.15, 0.2) is 5.96 Å². The van der Waals surface area contributed by atoms with E-state index in [0.29, 0.717) is 12.1 Å². The molecule has 0 atom stereocenters. The van der Waals surface area contributed by atoms with E-state index in [1.54, 1.807) is 26.1 Å². The zero-order valence-electron chi connectivity index (χ0n) is 15.0. The Morgan fingerprint density at radius 1 is 1.21 bits per heavy atom. The molecule has 1 aromatic rings. The molecular formula is C17H29IN4O2. The van der Waals surface area contributed by atoms with E-state index >= 15 is 0 Å². The summed E-state index contributed by atoms with van der Waals surface area (Å²) in [6.07, 6.45) is 0.933. The normalized spacial score (nSPS) is 10.8. The van der Waals surface area contributed by atoms with Crippen molar-refractivity contribution in [1.29, 1.82) is 0 Å². The van der Waals surface area contributed by atoms with Crippen LogP contribution in [-0.2, 0) is 11.3 Å². The highest BCUT2D eigenvalue weighted by Crippen LogP contribution is 2.07. The fraction of sp³-hybridized carbons (Fsp3) is 0.529. The number of carbonyl (C=O) groups is 1. The van der Waals surface area contributed by atoms with E-state index < -0.39 is 0 Å². The Morgan fingerprint density at radius 2 is 1.88 bits per heavy atom. The average molecular weight is 448 g/mol. The lowest BCUT2D eigenvalue weighted by molar-refractivity contribution is 0.0827. The summed E-state index contributed by atoms with van der Waals surface area (Å²) in [4.78, 5) is 18.0. The molecule has 0 aliphatic carbocycles. The van der Waals surface area contributed by atoms with Crippen LogP contribution >= 0.6 is 24.0 Å². The topological polar surface area (TPSA) is 66.0 Å². The number of nitrogens with zero attached hydrogens (tertiary/aromatic N) is 2. The van der Waals surface area contributed by atoms with Gasteiger partial charge in [-0.1, -0.05) is 12.1 Å². The molecule has 0 spiro atoms. The van der Waals surface area contributed by atoms with Crippen molar-refractivity contribution in [3.05, 3.63) is 35.4 Å². The molecule has 0 aromatic heterocycles. The highest BCUT2D eigenvalue weighted by molar-refractivity contribution is 14.0. The van der Waals surface area contributed by atoms with E-state index in [2.05, 4.69) is 15.6 Å². The summed E-state index contributed by atoms with van der Waals surface area (Å²) >= 11 is 0. The van der Waals surface area contributed by atoms with Gasteiger partial charge in [0.05, 0.1) is 6.54 Å². The molecule has 0 fully saturated rings. The first-order valence-corrected chi connectivity index (χ1v) is 7.90. The summed E-state index contributed by atoms with van der Waals surface area (Å²) in [6, 6.07) is 7.56. The van der Waals surface area contributed by atoms with Crippen molar-refractivity contribution in [3.63, 3.8) is 0 Å². The number of amides is 1. The Morgan fingerprint density at radius 3 is 2.42 bits per heavy atom. The maximum Gasteiger partial charge on any atom is 0.253 e. The van der Waals surface area contributed by atoms with Gasteiger partial charge in [-0.2, -0.15) is 0 Å². The number of carbonyl (C=O) groups excluding carboxylic acids is 1. The molecule has 0 radical (unpaired) electrons. The van der Waals surface area contributed by atoms with Gasteiger partial charge in [0.2, 0.25) is 0 Å². The van der Waals surface area contributed by atoms with Gasteiger partial charge in [-0.05, 0) is 31.0 Å². The molecule has 0 bridgehead atoms. The van der Waals surface area contributed by atoms with Crippen LogP contribution in [0.15, 0.2) is 29.3 Å². The van der Waals surface area contributed by atoms with Crippen molar-refractivity contribution in [1.82, 2.24) is 15.5 Å². The van der Waals surface area contributed by atoms with Crippen molar-refractivity contribution in [2.24, 2.45) is 4.99 Å². The molecule has 7 heteroatoms. The number of nitrogens with one attached hydrogen (secondary N) is 2. The lowest BCUT2D eigenvalue weighted by Gasteiger charge is -2.12. The summed E-state index contributed by atoms with van der Waals surface area (Å²) in [6.45, 7) is 4.96. The molecule has 24 heavy (non-hydrogen) atoms. The third kappa shape index (κ3) is 8.49. The van der Waals surface area contributed by atoms with E-state index in [0.717, 1.165) is 37.6 Å². The zero-order valence-corrected chi connectivity index (χ0v) is 17.3. The minimum absolute atomic E-state index is 0. The van der Waals surface area contributed by atoms with Crippen molar-refractivity contribution < 1.29 is 9.53 Å². The molecule has 0 aliphatic heterocycles. The maximum absolute atomic E-state index is 11.8. The van der Waals surface area contributed by atoms with Crippen LogP contribution in [-0.4, -0.2) is 57.7 Å². The number of methoxy groups -OCH3 is 1. The van der Waals surface area contributed by atoms with Crippen LogP contribution in [0, 0.1) is 0 Å². The second-order valence-electron chi connectivity index (χ2n) is 5.36. The van der Waals surface area contributed by atoms with E-state index in [4.69, 9.17) is 4.74 Å². The van der Waals surface area contributed by atoms with Crippen LogP contribution in [0.4, 0.5) is 0 Å². The first kappa shape index (κ1) is 22.6. The molecule has 0 saturated heterocycles. The van der Waals surface area contributed by atoms with Gasteiger partial charge in [-0.25, -0.2) is 4.99 Å². The Kier molecular flexibility index (Phi) is 12.3. The zero-order chi connectivity index (χ0) is 17.1. The number of halogens is 1. The molecule has 0 aliphatic rings. The minimum atomic E-state index is 0. The Bertz CT molecular complexity index is 504. The summed E-state index contributed by atoms with van der Waals surface area (Å²) in [7, 11) is 5.20. The molecule has 6 nitrogen and oxygen atoms in total. The Hall–Kier alpha value is -1.35. The SMILES string of the molecule is CCNC(=NCc1ccc(C(=O)N(C)C)cc1)NCCCOC.I. The fourth-order valence-corrected chi connectivity index (χ4v) is 1.95. The fourth-order valence-electron chi connectivity index (χ4n) is 1.95. The van der Waals surface area contributed by atoms with Crippen LogP contribution < -0.4 is 10.6 Å². The van der Waals surface area contributed by atoms with Gasteiger partial charge < -0.3 is 20.3 Å². The number of hydrogen-bond acceptors (Lipinski definition) is 3. The van der Waals surface area contributed by atoms with Gasteiger partial charge in [-0.15, -0.1) is 24.0 Å². The van der Waals surface area contributed by atoms with Gasteiger partial charge in [0, 0.05) is 46.5 Å². The molecule has 0 heterocycles. The average Bonchev–Trinajstić information content (AvgIpc) is 2.56. The molecule has 2 N–H and O–H groups in total. The second-order valence-corrected chi connectivity index (χ2v) is 5.36. The largest absolute Gasteiger partial charge is 0.385 e. The lowest BCUT2D eigenvalue weighted by Crippen LogP contribution is -2.38. The number of aliphatic imine (C=N–C) groups is 1. The number of guanidine groups is 1. The van der Waals surface area contributed by atoms with Crippen LogP contribution in [0.5, 0.6) is 0 Å². The quantitative estimate of drug-likeness (QED) is 0.277. The number of rotatable bonds is 8. The number of benzene rings is 1. The van der Waals surface area contributed by atoms with Crippen LogP contribution in [0.2, 0.25) is 0 Å². The van der Waals surface area contributed by atoms with Crippen molar-refractivity contribution >= 4 is 35.8 Å². The van der Waals surface area contributed by atoms with Gasteiger partial charge in [0.1, 0.15) is 0 Å². The maximum atomic E-state index is 11.8. The van der Waals surface area contributed by atoms with Crippen molar-refractivity contribution in [3.8, 4) is 0 Å². The summed E-state index contributed by atoms with van der Waals surface area (Å²) < 4.78 is 5.03. The first-order chi connectivity index (χ1) is 11.1. The third-order valence-corrected chi connectivity index (χ3v) is 3.19. The summed E-state index contributed by atoms with van der Waals surface area (Å²) in [5.41, 5.74) is 1.75. The summed E-state index contributed by atoms with van der Waals surface area (Å²) in [5.74, 6) is 0.797. The highest BCUT2D eigenvalue weighted by Gasteiger charge is 2.07. The molecular weight excluding hydrogens is 419 g/mol. The van der Waals surface area contributed by atoms with Crippen LogP contribution in [0.3, 0.4) is 0 Å². The lowest BCUT2D eigenvalue weighted by atomic mass is 10.1. The third-order valence-electron chi connectivity index (χ3n) is 3.19. The molecule has 1 aromatic carbocycles. The van der Waals surface area contributed by atoms with E-state index in [1.165, 1.54) is 0 Å². The standard InChI is InChI=1S/C17H28N4O2.HI/c1-5-18-17(19-11-6-12-23-4)20-13-14-7-9-15(10-8-14)16(22)21(2)3;/h7-10H,5-6,11-13H2,1-4H3,(H2,18,19,20);1H. The minimum Gasteiger partial charge on any atom is -0.385 e. The Labute approximate surface area is 162 Å². The number of ether oxygens (including phenoxy) is 1. The second kappa shape index (κ2) is 13.0. The summed E-state index contributed by atoms with van der Waals surface area (Å²) in [5, 5.41) is 6.48. The van der Waals surface area contributed by atoms with E-state index in [-0.39, 0.29) is 29.9 Å². The first-order valence-electron chi connectivity index (χ1n) is 7.90. The molecule has 1 rings (SSSR count). The van der Waals surface area contributed by atoms with Gasteiger partial charge >= 0.3 is 0 Å². The Balaban J connectivity index is 0.00000529. The molecule has 0 unspecified atom stereocenters. The predicted octanol–water partition coefficient (Wildman–Crippen LogP) is 2.10.